The molecule has 0 radical (unpaired) electrons. The molecular weight excluding hydrogens is 242 g/mol. The number of nitrogens with one attached hydrogen (secondary N) is 1. The van der Waals surface area contributed by atoms with Crippen molar-refractivity contribution in [2.75, 3.05) is 19.7 Å². The Morgan fingerprint density at radius 2 is 2.22 bits per heavy atom. The lowest BCUT2D eigenvalue weighted by molar-refractivity contribution is -0.141. The van der Waals surface area contributed by atoms with Crippen LogP contribution in [0.1, 0.15) is 13.3 Å². The molecule has 0 bridgehead atoms. The second kappa shape index (κ2) is 6.20. The molecule has 1 aliphatic heterocycles. The van der Waals surface area contributed by atoms with Gasteiger partial charge in [0.15, 0.2) is 0 Å². The van der Waals surface area contributed by atoms with Crippen molar-refractivity contribution in [3.63, 3.8) is 0 Å². The Morgan fingerprint density at radius 1 is 1.56 bits per heavy atom. The predicted molar refractivity (Wildman–Crippen MR) is 60.8 cm³/mol. The number of nitrogens with zero attached hydrogens (tertiary/aromatic N) is 1. The number of ether oxygens (including phenoxy) is 1. The topological polar surface area (TPSA) is 122 Å². The van der Waals surface area contributed by atoms with Gasteiger partial charge in [-0.25, -0.2) is 4.79 Å². The number of hydrogen-bond acceptors (Lipinski definition) is 4. The highest BCUT2D eigenvalue weighted by molar-refractivity contribution is 5.85. The second-order valence-electron chi connectivity index (χ2n) is 4.11. The number of hydrogen-bond donors (Lipinski definition) is 3. The molecule has 0 aromatic heterocycles. The third-order valence-corrected chi connectivity index (χ3v) is 2.60. The van der Waals surface area contributed by atoms with E-state index >= 15 is 0 Å². The van der Waals surface area contributed by atoms with Crippen molar-refractivity contribution < 1.29 is 24.2 Å². The number of rotatable bonds is 4. The van der Waals surface area contributed by atoms with Crippen LogP contribution in [0.15, 0.2) is 0 Å². The number of carbonyl (C=O) groups is 3. The van der Waals surface area contributed by atoms with E-state index < -0.39 is 30.1 Å². The predicted octanol–water partition coefficient (Wildman–Crippen LogP) is -1.25. The number of carboxylic acid groups (broad SMARTS) is 1. The summed E-state index contributed by atoms with van der Waals surface area (Å²) in [5.74, 6) is -1.61. The largest absolute Gasteiger partial charge is 0.481 e. The van der Waals surface area contributed by atoms with Crippen LogP contribution in [0.3, 0.4) is 0 Å². The maximum atomic E-state index is 11.7. The van der Waals surface area contributed by atoms with Crippen LogP contribution in [0.4, 0.5) is 4.79 Å². The molecule has 4 N–H and O–H groups in total. The minimum absolute atomic E-state index is 0.158. The standard InChI is InChI=1S/C10H17N3O5/c1-6(9(11)16)12-10(17)13-2-3-18-7(5-13)4-8(14)15/h6-7H,2-5H2,1H3,(H2,11,16)(H,12,17)(H,14,15). The summed E-state index contributed by atoms with van der Waals surface area (Å²) in [7, 11) is 0. The minimum Gasteiger partial charge on any atom is -0.481 e. The van der Waals surface area contributed by atoms with Crippen LogP contribution in [-0.4, -0.2) is 59.8 Å². The monoisotopic (exact) mass is 259 g/mol. The molecule has 1 heterocycles. The maximum absolute atomic E-state index is 11.7. The first kappa shape index (κ1) is 14.2. The fourth-order valence-electron chi connectivity index (χ4n) is 1.57. The van der Waals surface area contributed by atoms with E-state index in [1.165, 1.54) is 11.8 Å². The summed E-state index contributed by atoms with van der Waals surface area (Å²) in [6.45, 7) is 2.29. The van der Waals surface area contributed by atoms with Crippen LogP contribution in [0.5, 0.6) is 0 Å². The zero-order chi connectivity index (χ0) is 13.7. The molecule has 0 aromatic carbocycles. The normalized spacial score (nSPS) is 21.2. The molecule has 1 aliphatic rings. The Bertz CT molecular complexity index is 346. The van der Waals surface area contributed by atoms with Gasteiger partial charge in [-0.15, -0.1) is 0 Å². The van der Waals surface area contributed by atoms with Gasteiger partial charge in [0.05, 0.1) is 19.1 Å². The molecule has 18 heavy (non-hydrogen) atoms. The molecular formula is C10H17N3O5. The SMILES string of the molecule is CC(NC(=O)N1CCOC(CC(=O)O)C1)C(N)=O. The summed E-state index contributed by atoms with van der Waals surface area (Å²) in [5, 5.41) is 11.1. The first-order chi connectivity index (χ1) is 8.40. The van der Waals surface area contributed by atoms with E-state index in [0.29, 0.717) is 6.54 Å². The molecule has 0 saturated carbocycles. The number of amides is 3. The van der Waals surface area contributed by atoms with Crippen molar-refractivity contribution in [3.8, 4) is 0 Å². The van der Waals surface area contributed by atoms with Crippen LogP contribution in [0.25, 0.3) is 0 Å². The second-order valence-corrected chi connectivity index (χ2v) is 4.11. The van der Waals surface area contributed by atoms with E-state index in [4.69, 9.17) is 15.6 Å². The van der Waals surface area contributed by atoms with Gasteiger partial charge < -0.3 is 25.8 Å². The van der Waals surface area contributed by atoms with Crippen LogP contribution >= 0.6 is 0 Å². The zero-order valence-corrected chi connectivity index (χ0v) is 10.1. The summed E-state index contributed by atoms with van der Waals surface area (Å²) < 4.78 is 5.23. The average molecular weight is 259 g/mol. The average Bonchev–Trinajstić information content (AvgIpc) is 2.28. The van der Waals surface area contributed by atoms with Gasteiger partial charge in [-0.3, -0.25) is 9.59 Å². The lowest BCUT2D eigenvalue weighted by Gasteiger charge is -2.32. The first-order valence-electron chi connectivity index (χ1n) is 5.58. The highest BCUT2D eigenvalue weighted by Gasteiger charge is 2.27. The third kappa shape index (κ3) is 4.21. The quantitative estimate of drug-likeness (QED) is 0.582. The molecule has 0 spiro atoms. The number of carbonyl (C=O) groups excluding carboxylic acids is 2. The van der Waals surface area contributed by atoms with Crippen molar-refractivity contribution in [2.24, 2.45) is 5.73 Å². The summed E-state index contributed by atoms with van der Waals surface area (Å²) in [5.41, 5.74) is 5.03. The fourth-order valence-corrected chi connectivity index (χ4v) is 1.57. The molecule has 102 valence electrons. The molecule has 1 fully saturated rings. The molecule has 0 aliphatic carbocycles. The summed E-state index contributed by atoms with van der Waals surface area (Å²) in [4.78, 5) is 34.5. The highest BCUT2D eigenvalue weighted by Crippen LogP contribution is 2.09. The van der Waals surface area contributed by atoms with Crippen molar-refractivity contribution in [1.82, 2.24) is 10.2 Å². The Labute approximate surface area is 104 Å². The third-order valence-electron chi connectivity index (χ3n) is 2.60. The van der Waals surface area contributed by atoms with Crippen molar-refractivity contribution >= 4 is 17.9 Å². The molecule has 1 saturated heterocycles. The minimum atomic E-state index is -0.979. The van der Waals surface area contributed by atoms with Gasteiger partial charge in [0.1, 0.15) is 6.04 Å². The van der Waals surface area contributed by atoms with Gasteiger partial charge >= 0.3 is 12.0 Å². The summed E-state index contributed by atoms with van der Waals surface area (Å²) >= 11 is 0. The maximum Gasteiger partial charge on any atom is 0.318 e. The zero-order valence-electron chi connectivity index (χ0n) is 10.1. The van der Waals surface area contributed by atoms with Gasteiger partial charge in [-0.05, 0) is 6.92 Å². The van der Waals surface area contributed by atoms with Crippen LogP contribution in [0, 0.1) is 0 Å². The molecule has 2 atom stereocenters. The molecule has 0 aromatic rings. The summed E-state index contributed by atoms with van der Waals surface area (Å²) in [6.07, 6.45) is -0.680. The molecule has 2 unspecified atom stereocenters. The number of urea groups is 1. The first-order valence-corrected chi connectivity index (χ1v) is 5.58. The number of nitrogens with two attached hydrogens (primary N) is 1. The van der Waals surface area contributed by atoms with Crippen LogP contribution in [0.2, 0.25) is 0 Å². The lowest BCUT2D eigenvalue weighted by Crippen LogP contribution is -2.53. The number of primary amides is 1. The fraction of sp³-hybridized carbons (Fsp3) is 0.700. The Balaban J connectivity index is 2.48. The van der Waals surface area contributed by atoms with E-state index in [9.17, 15) is 14.4 Å². The van der Waals surface area contributed by atoms with Crippen molar-refractivity contribution in [2.45, 2.75) is 25.5 Å². The number of carboxylic acids is 1. The molecule has 3 amide bonds. The molecule has 1 rings (SSSR count). The number of aliphatic carboxylic acids is 1. The van der Waals surface area contributed by atoms with Gasteiger partial charge in [-0.2, -0.15) is 0 Å². The smallest absolute Gasteiger partial charge is 0.318 e. The Morgan fingerprint density at radius 3 is 2.78 bits per heavy atom. The van der Waals surface area contributed by atoms with Crippen molar-refractivity contribution in [3.05, 3.63) is 0 Å². The highest BCUT2D eigenvalue weighted by atomic mass is 16.5. The van der Waals surface area contributed by atoms with Gasteiger partial charge in [0.2, 0.25) is 5.91 Å². The lowest BCUT2D eigenvalue weighted by atomic mass is 10.2. The van der Waals surface area contributed by atoms with Gasteiger partial charge in [0.25, 0.3) is 0 Å². The van der Waals surface area contributed by atoms with Gasteiger partial charge in [-0.1, -0.05) is 0 Å². The molecule has 8 nitrogen and oxygen atoms in total. The van der Waals surface area contributed by atoms with E-state index in [-0.39, 0.29) is 19.6 Å². The van der Waals surface area contributed by atoms with E-state index in [0.717, 1.165) is 0 Å². The van der Waals surface area contributed by atoms with E-state index in [1.807, 2.05) is 0 Å². The van der Waals surface area contributed by atoms with Crippen LogP contribution in [-0.2, 0) is 14.3 Å². The van der Waals surface area contributed by atoms with E-state index in [2.05, 4.69) is 5.32 Å². The Kier molecular flexibility index (Phi) is 4.90. The van der Waals surface area contributed by atoms with Crippen molar-refractivity contribution in [1.29, 1.82) is 0 Å². The summed E-state index contributed by atoms with van der Waals surface area (Å²) in [6, 6.07) is -1.21. The Hall–Kier alpha value is -1.83. The van der Waals surface area contributed by atoms with Crippen LogP contribution < -0.4 is 11.1 Å². The van der Waals surface area contributed by atoms with Gasteiger partial charge in [0, 0.05) is 13.1 Å². The molecule has 8 heteroatoms. The number of morpholine rings is 1. The van der Waals surface area contributed by atoms with E-state index in [1.54, 1.807) is 0 Å².